The maximum absolute atomic E-state index is 12.2. The third-order valence-electron chi connectivity index (χ3n) is 4.01. The second-order valence-corrected chi connectivity index (χ2v) is 6.23. The Bertz CT molecular complexity index is 947. The Morgan fingerprint density at radius 1 is 0.633 bits per heavy atom. The lowest BCUT2D eigenvalue weighted by Crippen LogP contribution is -2.12. The number of ether oxygens (including phenoxy) is 2. The summed E-state index contributed by atoms with van der Waals surface area (Å²) in [6.45, 7) is 0.211. The van der Waals surface area contributed by atoms with Gasteiger partial charge in [-0.2, -0.15) is 0 Å². The van der Waals surface area contributed by atoms with E-state index in [4.69, 9.17) is 9.47 Å². The Labute approximate surface area is 175 Å². The fourth-order valence-electron chi connectivity index (χ4n) is 2.55. The normalized spacial score (nSPS) is 10.9. The van der Waals surface area contributed by atoms with E-state index in [0.717, 1.165) is 11.1 Å². The molecular weight excluding hydrogens is 378 g/mol. The Morgan fingerprint density at radius 2 is 1.07 bits per heavy atom. The predicted octanol–water partition coefficient (Wildman–Crippen LogP) is 4.82. The van der Waals surface area contributed by atoms with Gasteiger partial charge in [-0.3, -0.25) is 0 Å². The first-order valence-electron chi connectivity index (χ1n) is 9.47. The highest BCUT2D eigenvalue weighted by atomic mass is 16.5. The number of benzene rings is 2. The molecule has 30 heavy (non-hydrogen) atoms. The molecule has 0 amide bonds. The highest BCUT2D eigenvalue weighted by Gasteiger charge is 2.13. The average Bonchev–Trinajstić information content (AvgIpc) is 2.81. The number of aromatic nitrogens is 1. The van der Waals surface area contributed by atoms with E-state index >= 15 is 0 Å². The van der Waals surface area contributed by atoms with Crippen LogP contribution in [0.1, 0.15) is 32.1 Å². The molecule has 0 saturated carbocycles. The van der Waals surface area contributed by atoms with E-state index in [1.54, 1.807) is 18.2 Å². The van der Waals surface area contributed by atoms with Crippen LogP contribution in [0.25, 0.3) is 12.2 Å². The average molecular weight is 399 g/mol. The van der Waals surface area contributed by atoms with Crippen LogP contribution in [0, 0.1) is 0 Å². The van der Waals surface area contributed by atoms with Gasteiger partial charge in [0, 0.05) is 0 Å². The molecule has 0 unspecified atom stereocenters. The van der Waals surface area contributed by atoms with Gasteiger partial charge in [0.2, 0.25) is 0 Å². The molecule has 3 rings (SSSR count). The van der Waals surface area contributed by atoms with Crippen molar-refractivity contribution < 1.29 is 19.1 Å². The molecule has 0 saturated heterocycles. The Balaban J connectivity index is 1.49. The molecule has 0 N–H and O–H groups in total. The van der Waals surface area contributed by atoms with Crippen LogP contribution >= 0.6 is 0 Å². The van der Waals surface area contributed by atoms with Crippen molar-refractivity contribution in [1.29, 1.82) is 0 Å². The molecule has 0 radical (unpaired) electrons. The Hall–Kier alpha value is -3.99. The van der Waals surface area contributed by atoms with Crippen LogP contribution in [0.4, 0.5) is 0 Å². The smallest absolute Gasteiger partial charge is 0.357 e. The summed E-state index contributed by atoms with van der Waals surface area (Å²) in [6, 6.07) is 23.9. The largest absolute Gasteiger partial charge is 0.457 e. The third kappa shape index (κ3) is 6.56. The number of pyridine rings is 1. The van der Waals surface area contributed by atoms with Gasteiger partial charge in [-0.1, -0.05) is 78.9 Å². The molecule has 0 aliphatic heterocycles. The van der Waals surface area contributed by atoms with Gasteiger partial charge in [0.25, 0.3) is 0 Å². The molecule has 0 atom stereocenters. The Kier molecular flexibility index (Phi) is 7.69. The van der Waals surface area contributed by atoms with Gasteiger partial charge in [0.05, 0.1) is 0 Å². The number of hydrogen-bond acceptors (Lipinski definition) is 5. The lowest BCUT2D eigenvalue weighted by atomic mass is 10.2. The monoisotopic (exact) mass is 399 g/mol. The van der Waals surface area contributed by atoms with Crippen LogP contribution in [0.5, 0.6) is 0 Å². The zero-order valence-electron chi connectivity index (χ0n) is 16.3. The first kappa shape index (κ1) is 20.7. The zero-order valence-corrected chi connectivity index (χ0v) is 16.3. The third-order valence-corrected chi connectivity index (χ3v) is 4.01. The summed E-state index contributed by atoms with van der Waals surface area (Å²) in [5.74, 6) is -1.21. The van der Waals surface area contributed by atoms with Gasteiger partial charge in [0.15, 0.2) is 0 Å². The van der Waals surface area contributed by atoms with Crippen molar-refractivity contribution in [2.24, 2.45) is 0 Å². The van der Waals surface area contributed by atoms with Crippen molar-refractivity contribution in [3.63, 3.8) is 0 Å². The summed E-state index contributed by atoms with van der Waals surface area (Å²) in [6.07, 6.45) is 7.20. The van der Waals surface area contributed by atoms with Crippen molar-refractivity contribution in [2.45, 2.75) is 0 Å². The molecule has 2 aromatic carbocycles. The standard InChI is InChI=1S/C25H21NO4/c27-24(29-18-8-14-20-10-3-1-4-11-20)22-16-7-17-23(26-22)25(28)30-19-9-15-21-12-5-2-6-13-21/h1-17H,18-19H2/b14-8+,15-9+. The molecule has 0 bridgehead atoms. The summed E-state index contributed by atoms with van der Waals surface area (Å²) in [5.41, 5.74) is 2.13. The van der Waals surface area contributed by atoms with E-state index in [0.29, 0.717) is 0 Å². The van der Waals surface area contributed by atoms with Crippen molar-refractivity contribution in [3.05, 3.63) is 114 Å². The molecule has 1 heterocycles. The van der Waals surface area contributed by atoms with Crippen molar-refractivity contribution in [2.75, 3.05) is 13.2 Å². The van der Waals surface area contributed by atoms with E-state index in [1.807, 2.05) is 72.8 Å². The number of nitrogens with zero attached hydrogens (tertiary/aromatic N) is 1. The molecule has 0 aliphatic carbocycles. The lowest BCUT2D eigenvalue weighted by molar-refractivity contribution is 0.0535. The highest BCUT2D eigenvalue weighted by molar-refractivity contribution is 5.91. The van der Waals surface area contributed by atoms with Crippen molar-refractivity contribution in [3.8, 4) is 0 Å². The number of hydrogen-bond donors (Lipinski definition) is 0. The van der Waals surface area contributed by atoms with Crippen LogP contribution < -0.4 is 0 Å². The van der Waals surface area contributed by atoms with Crippen LogP contribution in [0.3, 0.4) is 0 Å². The summed E-state index contributed by atoms with van der Waals surface area (Å²) in [5, 5.41) is 0. The maximum Gasteiger partial charge on any atom is 0.357 e. The first-order valence-corrected chi connectivity index (χ1v) is 9.47. The van der Waals surface area contributed by atoms with Crippen LogP contribution in [-0.4, -0.2) is 30.1 Å². The fraction of sp³-hybridized carbons (Fsp3) is 0.0800. The first-order chi connectivity index (χ1) is 14.7. The molecule has 0 aliphatic rings. The van der Waals surface area contributed by atoms with Crippen LogP contribution in [0.15, 0.2) is 91.0 Å². The van der Waals surface area contributed by atoms with Gasteiger partial charge in [-0.15, -0.1) is 0 Å². The minimum atomic E-state index is -0.605. The summed E-state index contributed by atoms with van der Waals surface area (Å²) >= 11 is 0. The Morgan fingerprint density at radius 3 is 1.50 bits per heavy atom. The molecule has 0 spiro atoms. The summed E-state index contributed by atoms with van der Waals surface area (Å²) in [4.78, 5) is 28.4. The summed E-state index contributed by atoms with van der Waals surface area (Å²) < 4.78 is 10.4. The second kappa shape index (κ2) is 11.1. The second-order valence-electron chi connectivity index (χ2n) is 6.23. The number of rotatable bonds is 8. The molecule has 5 heteroatoms. The number of carbonyl (C=O) groups excluding carboxylic acids is 2. The topological polar surface area (TPSA) is 65.5 Å². The van der Waals surface area contributed by atoms with Crippen molar-refractivity contribution in [1.82, 2.24) is 4.98 Å². The number of carbonyl (C=O) groups is 2. The lowest BCUT2D eigenvalue weighted by Gasteiger charge is -2.04. The SMILES string of the molecule is O=C(OC/C=C/c1ccccc1)c1cccc(C(=O)OC/C=C/c2ccccc2)n1. The highest BCUT2D eigenvalue weighted by Crippen LogP contribution is 2.06. The van der Waals surface area contributed by atoms with Gasteiger partial charge in [0.1, 0.15) is 24.6 Å². The van der Waals surface area contributed by atoms with Gasteiger partial charge in [-0.25, -0.2) is 14.6 Å². The molecule has 1 aromatic heterocycles. The molecular formula is C25H21NO4. The molecule has 3 aromatic rings. The van der Waals surface area contributed by atoms with E-state index in [1.165, 1.54) is 12.1 Å². The van der Waals surface area contributed by atoms with Crippen LogP contribution in [-0.2, 0) is 9.47 Å². The van der Waals surface area contributed by atoms with E-state index in [2.05, 4.69) is 4.98 Å². The fourth-order valence-corrected chi connectivity index (χ4v) is 2.55. The minimum absolute atomic E-state index is 0.0531. The zero-order chi connectivity index (χ0) is 21.0. The van der Waals surface area contributed by atoms with Gasteiger partial charge < -0.3 is 9.47 Å². The predicted molar refractivity (Wildman–Crippen MR) is 116 cm³/mol. The maximum atomic E-state index is 12.2. The quantitative estimate of drug-likeness (QED) is 0.508. The van der Waals surface area contributed by atoms with E-state index in [9.17, 15) is 9.59 Å². The van der Waals surface area contributed by atoms with Gasteiger partial charge >= 0.3 is 11.9 Å². The van der Waals surface area contributed by atoms with E-state index < -0.39 is 11.9 Å². The van der Waals surface area contributed by atoms with Crippen LogP contribution in [0.2, 0.25) is 0 Å². The number of esters is 2. The van der Waals surface area contributed by atoms with Gasteiger partial charge in [-0.05, 0) is 35.4 Å². The van der Waals surface area contributed by atoms with Crippen molar-refractivity contribution >= 4 is 24.1 Å². The molecule has 5 nitrogen and oxygen atoms in total. The molecule has 0 fully saturated rings. The van der Waals surface area contributed by atoms with E-state index in [-0.39, 0.29) is 24.6 Å². The minimum Gasteiger partial charge on any atom is -0.457 e. The molecule has 150 valence electrons. The summed E-state index contributed by atoms with van der Waals surface area (Å²) in [7, 11) is 0.